The summed E-state index contributed by atoms with van der Waals surface area (Å²) in [6.07, 6.45) is 4.52. The molecule has 0 aliphatic carbocycles. The van der Waals surface area contributed by atoms with Crippen molar-refractivity contribution in [1.82, 2.24) is 15.1 Å². The van der Waals surface area contributed by atoms with Gasteiger partial charge in [-0.25, -0.2) is 4.79 Å². The van der Waals surface area contributed by atoms with Crippen LogP contribution in [0.4, 0.5) is 0 Å². The maximum Gasteiger partial charge on any atom is 0.331 e. The minimum Gasteiger partial charge on any atom is -0.464 e. The third kappa shape index (κ3) is 4.58. The highest BCUT2D eigenvalue weighted by atomic mass is 16.5. The first-order valence-electron chi connectivity index (χ1n) is 7.25. The van der Waals surface area contributed by atoms with Gasteiger partial charge in [0.2, 0.25) is 5.91 Å². The Labute approximate surface area is 125 Å². The van der Waals surface area contributed by atoms with Crippen LogP contribution in [0.15, 0.2) is 12.4 Å². The number of hydrogen-bond acceptors (Lipinski definition) is 4. The van der Waals surface area contributed by atoms with Gasteiger partial charge in [0.25, 0.3) is 0 Å². The summed E-state index contributed by atoms with van der Waals surface area (Å²) in [5, 5.41) is 6.87. The van der Waals surface area contributed by atoms with Gasteiger partial charge < -0.3 is 10.1 Å². The standard InChI is InChI=1S/C15H25N3O3/c1-6-21-14(20)15(4,11(2)3)17-13(19)8-7-12-9-16-18(5)10-12/h9-11H,6-8H2,1-5H3,(H,17,19)/t15-/m0/s1. The Morgan fingerprint density at radius 3 is 2.62 bits per heavy atom. The molecule has 6 heteroatoms. The number of carbonyl (C=O) groups is 2. The second kappa shape index (κ2) is 7.24. The minimum atomic E-state index is -0.998. The summed E-state index contributed by atoms with van der Waals surface area (Å²) < 4.78 is 6.77. The number of nitrogens with one attached hydrogen (secondary N) is 1. The molecule has 0 saturated carbocycles. The van der Waals surface area contributed by atoms with Crippen molar-refractivity contribution >= 4 is 11.9 Å². The molecule has 1 rings (SSSR count). The predicted octanol–water partition coefficient (Wildman–Crippen LogP) is 1.45. The fraction of sp³-hybridized carbons (Fsp3) is 0.667. The average molecular weight is 295 g/mol. The Morgan fingerprint density at radius 2 is 2.14 bits per heavy atom. The zero-order chi connectivity index (χ0) is 16.0. The third-order valence-electron chi connectivity index (χ3n) is 3.65. The molecular formula is C15H25N3O3. The Kier molecular flexibility index (Phi) is 5.93. The number of nitrogens with zero attached hydrogens (tertiary/aromatic N) is 2. The number of esters is 1. The van der Waals surface area contributed by atoms with E-state index in [0.717, 1.165) is 5.56 Å². The van der Waals surface area contributed by atoms with E-state index in [-0.39, 0.29) is 11.8 Å². The Balaban J connectivity index is 2.62. The molecule has 6 nitrogen and oxygen atoms in total. The summed E-state index contributed by atoms with van der Waals surface area (Å²) in [6, 6.07) is 0. The largest absolute Gasteiger partial charge is 0.464 e. The van der Waals surface area contributed by atoms with Crippen molar-refractivity contribution in [3.8, 4) is 0 Å². The van der Waals surface area contributed by atoms with Crippen molar-refractivity contribution in [1.29, 1.82) is 0 Å². The van der Waals surface area contributed by atoms with Gasteiger partial charge in [0, 0.05) is 19.7 Å². The van der Waals surface area contributed by atoms with E-state index < -0.39 is 11.5 Å². The highest BCUT2D eigenvalue weighted by Gasteiger charge is 2.39. The Morgan fingerprint density at radius 1 is 1.48 bits per heavy atom. The van der Waals surface area contributed by atoms with E-state index >= 15 is 0 Å². The van der Waals surface area contributed by atoms with Gasteiger partial charge >= 0.3 is 5.97 Å². The Hall–Kier alpha value is -1.85. The van der Waals surface area contributed by atoms with Gasteiger partial charge in [-0.05, 0) is 31.7 Å². The summed E-state index contributed by atoms with van der Waals surface area (Å²) in [5.74, 6) is -0.614. The van der Waals surface area contributed by atoms with Crippen LogP contribution >= 0.6 is 0 Å². The molecule has 0 spiro atoms. The number of rotatable bonds is 7. The maximum atomic E-state index is 12.1. The van der Waals surface area contributed by atoms with Crippen LogP contribution in [0, 0.1) is 5.92 Å². The molecule has 1 N–H and O–H groups in total. The molecular weight excluding hydrogens is 270 g/mol. The molecule has 1 aromatic rings. The first-order valence-corrected chi connectivity index (χ1v) is 7.25. The highest BCUT2D eigenvalue weighted by molar-refractivity contribution is 5.88. The zero-order valence-electron chi connectivity index (χ0n) is 13.5. The Bertz CT molecular complexity index is 496. The van der Waals surface area contributed by atoms with Crippen LogP contribution in [0.3, 0.4) is 0 Å². The topological polar surface area (TPSA) is 73.2 Å². The van der Waals surface area contributed by atoms with Crippen LogP contribution < -0.4 is 5.32 Å². The fourth-order valence-corrected chi connectivity index (χ4v) is 1.92. The van der Waals surface area contributed by atoms with Crippen molar-refractivity contribution in [2.45, 2.75) is 46.1 Å². The molecule has 1 atom stereocenters. The lowest BCUT2D eigenvalue weighted by molar-refractivity contribution is -0.154. The SMILES string of the molecule is CCOC(=O)[C@@](C)(NC(=O)CCc1cnn(C)c1)C(C)C. The summed E-state index contributed by atoms with van der Waals surface area (Å²) in [5.41, 5.74) is -0.00258. The van der Waals surface area contributed by atoms with Crippen LogP contribution in [0.25, 0.3) is 0 Å². The number of aryl methyl sites for hydroxylation is 2. The van der Waals surface area contributed by atoms with E-state index in [1.807, 2.05) is 27.1 Å². The first-order chi connectivity index (χ1) is 9.79. The van der Waals surface area contributed by atoms with Crippen molar-refractivity contribution < 1.29 is 14.3 Å². The van der Waals surface area contributed by atoms with Gasteiger partial charge in [-0.15, -0.1) is 0 Å². The molecule has 21 heavy (non-hydrogen) atoms. The molecule has 0 aromatic carbocycles. The molecule has 0 bridgehead atoms. The van der Waals surface area contributed by atoms with Gasteiger partial charge in [-0.1, -0.05) is 13.8 Å². The van der Waals surface area contributed by atoms with E-state index in [4.69, 9.17) is 4.74 Å². The third-order valence-corrected chi connectivity index (χ3v) is 3.65. The van der Waals surface area contributed by atoms with Crippen LogP contribution in [-0.2, 0) is 27.8 Å². The van der Waals surface area contributed by atoms with Gasteiger partial charge in [0.1, 0.15) is 5.54 Å². The lowest BCUT2D eigenvalue weighted by Gasteiger charge is -2.32. The van der Waals surface area contributed by atoms with Gasteiger partial charge in [0.05, 0.1) is 12.8 Å². The lowest BCUT2D eigenvalue weighted by Crippen LogP contribution is -2.56. The van der Waals surface area contributed by atoms with E-state index in [9.17, 15) is 9.59 Å². The molecule has 0 aliphatic rings. The number of amides is 1. The monoisotopic (exact) mass is 295 g/mol. The normalized spacial score (nSPS) is 13.8. The molecule has 0 radical (unpaired) electrons. The molecule has 1 aromatic heterocycles. The summed E-state index contributed by atoms with van der Waals surface area (Å²) in [4.78, 5) is 24.2. The van der Waals surface area contributed by atoms with E-state index in [2.05, 4.69) is 10.4 Å². The summed E-state index contributed by atoms with van der Waals surface area (Å²) in [6.45, 7) is 7.53. The molecule has 0 saturated heterocycles. The smallest absolute Gasteiger partial charge is 0.331 e. The summed E-state index contributed by atoms with van der Waals surface area (Å²) >= 11 is 0. The van der Waals surface area contributed by atoms with Crippen molar-refractivity contribution in [3.05, 3.63) is 18.0 Å². The number of carbonyl (C=O) groups excluding carboxylic acids is 2. The fourth-order valence-electron chi connectivity index (χ4n) is 1.92. The molecule has 118 valence electrons. The maximum absolute atomic E-state index is 12.1. The second-order valence-electron chi connectivity index (χ2n) is 5.65. The van der Waals surface area contributed by atoms with Gasteiger partial charge in [-0.3, -0.25) is 9.48 Å². The van der Waals surface area contributed by atoms with E-state index in [1.54, 1.807) is 24.7 Å². The van der Waals surface area contributed by atoms with Crippen LogP contribution in [0.2, 0.25) is 0 Å². The van der Waals surface area contributed by atoms with Crippen LogP contribution in [0.1, 0.15) is 39.7 Å². The summed E-state index contributed by atoms with van der Waals surface area (Å²) in [7, 11) is 1.83. The van der Waals surface area contributed by atoms with Crippen molar-refractivity contribution in [3.63, 3.8) is 0 Å². The highest BCUT2D eigenvalue weighted by Crippen LogP contribution is 2.19. The second-order valence-corrected chi connectivity index (χ2v) is 5.65. The molecule has 0 fully saturated rings. The molecule has 1 amide bonds. The molecule has 0 unspecified atom stereocenters. The number of ether oxygens (including phenoxy) is 1. The van der Waals surface area contributed by atoms with Crippen molar-refractivity contribution in [2.24, 2.45) is 13.0 Å². The lowest BCUT2D eigenvalue weighted by atomic mass is 9.88. The van der Waals surface area contributed by atoms with Crippen LogP contribution in [0.5, 0.6) is 0 Å². The predicted molar refractivity (Wildman–Crippen MR) is 79.5 cm³/mol. The number of hydrogen-bond donors (Lipinski definition) is 1. The van der Waals surface area contributed by atoms with Crippen molar-refractivity contribution in [2.75, 3.05) is 6.61 Å². The zero-order valence-corrected chi connectivity index (χ0v) is 13.5. The van der Waals surface area contributed by atoms with E-state index in [0.29, 0.717) is 19.4 Å². The van der Waals surface area contributed by atoms with Crippen LogP contribution in [-0.4, -0.2) is 33.8 Å². The first kappa shape index (κ1) is 17.2. The van der Waals surface area contributed by atoms with E-state index in [1.165, 1.54) is 0 Å². The van der Waals surface area contributed by atoms with Gasteiger partial charge in [-0.2, -0.15) is 5.10 Å². The average Bonchev–Trinajstić information content (AvgIpc) is 2.82. The quantitative estimate of drug-likeness (QED) is 0.773. The minimum absolute atomic E-state index is 0.0566. The van der Waals surface area contributed by atoms with Gasteiger partial charge in [0.15, 0.2) is 0 Å². The number of aromatic nitrogens is 2. The molecule has 0 aliphatic heterocycles. The molecule has 1 heterocycles.